The summed E-state index contributed by atoms with van der Waals surface area (Å²) in [6, 6.07) is 10.7. The number of likely N-dealkylation sites (tertiary alicyclic amines) is 1. The summed E-state index contributed by atoms with van der Waals surface area (Å²) >= 11 is 0. The number of hydrogen-bond donors (Lipinski definition) is 2. The van der Waals surface area contributed by atoms with E-state index < -0.39 is 11.2 Å². The molecule has 0 bridgehead atoms. The van der Waals surface area contributed by atoms with Crippen LogP contribution in [0.5, 0.6) is 0 Å². The summed E-state index contributed by atoms with van der Waals surface area (Å²) in [5.74, 6) is 1.15. The highest BCUT2D eigenvalue weighted by Gasteiger charge is 2.32. The third kappa shape index (κ3) is 6.52. The van der Waals surface area contributed by atoms with Gasteiger partial charge in [0.1, 0.15) is 22.7 Å². The molecule has 10 nitrogen and oxygen atoms in total. The van der Waals surface area contributed by atoms with Crippen LogP contribution in [0, 0.1) is 0 Å². The Morgan fingerprint density at radius 1 is 0.978 bits per heavy atom. The number of carbonyl (C=O) groups is 2. The quantitative estimate of drug-likeness (QED) is 0.241. The van der Waals surface area contributed by atoms with E-state index in [1.807, 2.05) is 59.6 Å². The summed E-state index contributed by atoms with van der Waals surface area (Å²) in [5, 5.41) is 5.87. The molecule has 1 unspecified atom stereocenters. The first kappa shape index (κ1) is 31.8. The number of H-pyrrole nitrogens is 1. The molecule has 2 amide bonds. The number of piperidine rings is 1. The van der Waals surface area contributed by atoms with Crippen molar-refractivity contribution >= 4 is 45.6 Å². The minimum Gasteiger partial charge on any atom is -0.444 e. The first-order chi connectivity index (χ1) is 21.7. The van der Waals surface area contributed by atoms with Crippen LogP contribution in [-0.2, 0) is 29.4 Å². The molecule has 0 spiro atoms. The summed E-state index contributed by atoms with van der Waals surface area (Å²) < 4.78 is 13.4. The molecule has 1 aliphatic heterocycles. The zero-order valence-corrected chi connectivity index (χ0v) is 28.5. The highest BCUT2D eigenvalue weighted by Crippen LogP contribution is 2.36. The van der Waals surface area contributed by atoms with Crippen molar-refractivity contribution in [3.63, 3.8) is 0 Å². The van der Waals surface area contributed by atoms with Crippen molar-refractivity contribution in [2.45, 2.75) is 96.8 Å². The number of amides is 2. The molecule has 2 N–H and O–H groups in total. The molecule has 4 heterocycles. The maximum absolute atomic E-state index is 12.8. The summed E-state index contributed by atoms with van der Waals surface area (Å²) in [5.41, 5.74) is 5.83. The third-order valence-corrected chi connectivity index (χ3v) is 9.23. The van der Waals surface area contributed by atoms with Gasteiger partial charge in [-0.1, -0.05) is 0 Å². The molecule has 1 fully saturated rings. The monoisotopic (exact) mass is 628 g/mol. The lowest BCUT2D eigenvalue weighted by atomic mass is 9.89. The minimum atomic E-state index is -0.522. The van der Waals surface area contributed by atoms with Crippen molar-refractivity contribution in [1.82, 2.24) is 24.3 Å². The Morgan fingerprint density at radius 2 is 1.70 bits per heavy atom. The maximum atomic E-state index is 12.8. The molecule has 0 saturated carbocycles. The zero-order chi connectivity index (χ0) is 33.0. The summed E-state index contributed by atoms with van der Waals surface area (Å²) in [6.07, 6.45) is 5.95. The number of ether oxygens (including phenoxy) is 2. The van der Waals surface area contributed by atoms with Crippen LogP contribution in [0.4, 0.5) is 21.1 Å². The van der Waals surface area contributed by atoms with Gasteiger partial charge in [0.25, 0.3) is 0 Å². The Hall–Kier alpha value is -4.21. The topological polar surface area (TPSA) is 105 Å². The van der Waals surface area contributed by atoms with E-state index in [2.05, 4.69) is 52.4 Å². The number of aromatic amines is 1. The number of anilines is 2. The predicted molar refractivity (Wildman–Crippen MR) is 182 cm³/mol. The number of carbonyl (C=O) groups excluding carboxylic acids is 2. The largest absolute Gasteiger partial charge is 0.444 e. The molecule has 10 heteroatoms. The SMILES string of the molecule is CN(C(=O)OC(C)(C)C)C1CCc2c(c3ccc(Nc4ccc5[nH]cc(C6CCN(C(=O)OC(C)(C)C)CC6)c5c4)nc3n2C)C1. The molecule has 1 aliphatic carbocycles. The van der Waals surface area contributed by atoms with E-state index in [0.717, 1.165) is 60.2 Å². The van der Waals surface area contributed by atoms with Crippen LogP contribution in [-0.4, -0.2) is 73.9 Å². The molecular weight excluding hydrogens is 580 g/mol. The average Bonchev–Trinajstić information content (AvgIpc) is 3.53. The van der Waals surface area contributed by atoms with Gasteiger partial charge in [0.2, 0.25) is 0 Å². The number of nitrogens with zero attached hydrogens (tertiary/aromatic N) is 4. The lowest BCUT2D eigenvalue weighted by Crippen LogP contribution is -2.43. The molecule has 6 rings (SSSR count). The van der Waals surface area contributed by atoms with Gasteiger partial charge in [0.05, 0.1) is 0 Å². The van der Waals surface area contributed by atoms with Crippen LogP contribution in [0.25, 0.3) is 21.9 Å². The standard InChI is InChI=1S/C36H48N6O4/c1-35(2,3)45-33(43)40(7)24-10-13-30-27(20-24)25-11-14-31(39-32(25)41(30)8)38-23-9-12-29-26(19-23)28(21-37-29)22-15-17-42(18-16-22)34(44)46-36(4,5)6/h9,11-12,14,19,21-22,24,37H,10,13,15-18,20H2,1-8H3,(H,38,39). The van der Waals surface area contributed by atoms with E-state index in [0.29, 0.717) is 19.0 Å². The Kier molecular flexibility index (Phi) is 8.19. The molecule has 3 aromatic heterocycles. The molecule has 1 aromatic carbocycles. The normalized spacial score (nSPS) is 17.7. The highest BCUT2D eigenvalue weighted by molar-refractivity contribution is 5.89. The van der Waals surface area contributed by atoms with Gasteiger partial charge in [-0.2, -0.15) is 0 Å². The molecule has 246 valence electrons. The van der Waals surface area contributed by atoms with Gasteiger partial charge in [-0.25, -0.2) is 14.6 Å². The van der Waals surface area contributed by atoms with Crippen LogP contribution in [0.1, 0.15) is 83.5 Å². The molecule has 1 saturated heterocycles. The minimum absolute atomic E-state index is 0.0811. The molecule has 1 atom stereocenters. The van der Waals surface area contributed by atoms with Crippen molar-refractivity contribution in [3.8, 4) is 0 Å². The Labute approximate surface area is 271 Å². The Morgan fingerprint density at radius 3 is 2.39 bits per heavy atom. The molecule has 4 aromatic rings. The van der Waals surface area contributed by atoms with Crippen LogP contribution >= 0.6 is 0 Å². The number of aromatic nitrogens is 3. The van der Waals surface area contributed by atoms with Gasteiger partial charge in [0.15, 0.2) is 0 Å². The number of pyridine rings is 1. The van der Waals surface area contributed by atoms with Crippen molar-refractivity contribution in [2.24, 2.45) is 7.05 Å². The van der Waals surface area contributed by atoms with Crippen LogP contribution in [0.2, 0.25) is 0 Å². The fraction of sp³-hybridized carbons (Fsp3) is 0.528. The summed E-state index contributed by atoms with van der Waals surface area (Å²) in [7, 11) is 3.93. The van der Waals surface area contributed by atoms with Crippen molar-refractivity contribution in [1.29, 1.82) is 0 Å². The number of likely N-dealkylation sites (N-methyl/N-ethyl adjacent to an activating group) is 1. The Bertz CT molecular complexity index is 1770. The smallest absolute Gasteiger partial charge is 0.410 e. The van der Waals surface area contributed by atoms with Gasteiger partial charge >= 0.3 is 12.2 Å². The van der Waals surface area contributed by atoms with E-state index in [1.165, 1.54) is 22.2 Å². The molecule has 46 heavy (non-hydrogen) atoms. The van der Waals surface area contributed by atoms with Crippen LogP contribution < -0.4 is 5.32 Å². The number of hydrogen-bond acceptors (Lipinski definition) is 6. The second-order valence-electron chi connectivity index (χ2n) is 14.9. The van der Waals surface area contributed by atoms with Crippen LogP contribution in [0.15, 0.2) is 36.5 Å². The lowest BCUT2D eigenvalue weighted by Gasteiger charge is -2.33. The fourth-order valence-electron chi connectivity index (χ4n) is 6.90. The van der Waals surface area contributed by atoms with Gasteiger partial charge in [-0.15, -0.1) is 0 Å². The van der Waals surface area contributed by atoms with E-state index in [9.17, 15) is 9.59 Å². The van der Waals surface area contributed by atoms with Gasteiger partial charge in [-0.3, -0.25) is 0 Å². The maximum Gasteiger partial charge on any atom is 0.410 e. The van der Waals surface area contributed by atoms with Gasteiger partial charge in [0, 0.05) is 67.1 Å². The predicted octanol–water partition coefficient (Wildman–Crippen LogP) is 7.64. The molecule has 2 aliphatic rings. The molecule has 0 radical (unpaired) electrons. The van der Waals surface area contributed by atoms with Crippen molar-refractivity contribution in [3.05, 3.63) is 53.3 Å². The highest BCUT2D eigenvalue weighted by atomic mass is 16.6. The van der Waals surface area contributed by atoms with E-state index in [4.69, 9.17) is 14.5 Å². The number of benzene rings is 1. The van der Waals surface area contributed by atoms with Crippen molar-refractivity contribution < 1.29 is 19.1 Å². The zero-order valence-electron chi connectivity index (χ0n) is 28.5. The van der Waals surface area contributed by atoms with E-state index in [-0.39, 0.29) is 18.2 Å². The van der Waals surface area contributed by atoms with Crippen molar-refractivity contribution in [2.75, 3.05) is 25.5 Å². The van der Waals surface area contributed by atoms with Gasteiger partial charge < -0.3 is 34.1 Å². The molecular formula is C36H48N6O4. The fourth-order valence-corrected chi connectivity index (χ4v) is 6.90. The third-order valence-electron chi connectivity index (χ3n) is 9.23. The van der Waals surface area contributed by atoms with E-state index >= 15 is 0 Å². The first-order valence-electron chi connectivity index (χ1n) is 16.5. The van der Waals surface area contributed by atoms with E-state index in [1.54, 1.807) is 4.90 Å². The number of aryl methyl sites for hydroxylation is 1. The second kappa shape index (κ2) is 11.9. The summed E-state index contributed by atoms with van der Waals surface area (Å²) in [4.78, 5) is 37.4. The first-order valence-corrected chi connectivity index (χ1v) is 16.5. The number of nitrogens with one attached hydrogen (secondary N) is 2. The Balaban J connectivity index is 1.17. The number of fused-ring (bicyclic) bond motifs is 4. The number of rotatable bonds is 4. The summed E-state index contributed by atoms with van der Waals surface area (Å²) in [6.45, 7) is 12.8. The van der Waals surface area contributed by atoms with Crippen LogP contribution in [0.3, 0.4) is 0 Å². The second-order valence-corrected chi connectivity index (χ2v) is 14.9. The van der Waals surface area contributed by atoms with Gasteiger partial charge in [-0.05, 0) is 121 Å². The average molecular weight is 629 g/mol. The lowest BCUT2D eigenvalue weighted by molar-refractivity contribution is 0.0196.